The van der Waals surface area contributed by atoms with Gasteiger partial charge in [0.2, 0.25) is 0 Å². The van der Waals surface area contributed by atoms with Crippen LogP contribution in [0.1, 0.15) is 11.1 Å². The summed E-state index contributed by atoms with van der Waals surface area (Å²) in [6.45, 7) is 1.32. The fraction of sp³-hybridized carbons (Fsp3) is 0.250. The summed E-state index contributed by atoms with van der Waals surface area (Å²) in [5.74, 6) is 0.613. The molecule has 0 atom stereocenters. The summed E-state index contributed by atoms with van der Waals surface area (Å²) < 4.78 is 0. The predicted octanol–water partition coefficient (Wildman–Crippen LogP) is 1.79. The van der Waals surface area contributed by atoms with Crippen LogP contribution >= 0.6 is 0 Å². The van der Waals surface area contributed by atoms with Crippen molar-refractivity contribution in [3.05, 3.63) is 59.7 Å². The third kappa shape index (κ3) is 6.22. The van der Waals surface area contributed by atoms with Crippen molar-refractivity contribution >= 4 is 0 Å². The van der Waals surface area contributed by atoms with E-state index in [9.17, 15) is 0 Å². The average molecular weight is 274 g/mol. The SMILES string of the molecule is NCCc1ccc(O)cc1.NCCc1ccc(O)cc1. The largest absolute Gasteiger partial charge is 0.508 e. The van der Waals surface area contributed by atoms with Gasteiger partial charge in [0.05, 0.1) is 0 Å². The van der Waals surface area contributed by atoms with Gasteiger partial charge in [-0.25, -0.2) is 0 Å². The lowest BCUT2D eigenvalue weighted by Crippen LogP contribution is -2.01. The highest BCUT2D eigenvalue weighted by atomic mass is 16.3. The highest BCUT2D eigenvalue weighted by Gasteiger charge is 1.90. The molecule has 108 valence electrons. The van der Waals surface area contributed by atoms with Crippen molar-refractivity contribution in [2.75, 3.05) is 13.1 Å². The summed E-state index contributed by atoms with van der Waals surface area (Å²) >= 11 is 0. The fourth-order valence-electron chi connectivity index (χ4n) is 1.66. The molecule has 0 bridgehead atoms. The van der Waals surface area contributed by atoms with Crippen LogP contribution in [0.15, 0.2) is 48.5 Å². The second kappa shape index (κ2) is 8.96. The van der Waals surface area contributed by atoms with Gasteiger partial charge in [0.25, 0.3) is 0 Å². The van der Waals surface area contributed by atoms with Gasteiger partial charge in [-0.1, -0.05) is 24.3 Å². The third-order valence-corrected chi connectivity index (χ3v) is 2.74. The molecule has 0 radical (unpaired) electrons. The Morgan fingerprint density at radius 2 is 0.900 bits per heavy atom. The highest BCUT2D eigenvalue weighted by molar-refractivity contribution is 5.26. The van der Waals surface area contributed by atoms with Gasteiger partial charge in [0.1, 0.15) is 11.5 Å². The number of aromatic hydroxyl groups is 2. The molecule has 0 heterocycles. The second-order valence-electron chi connectivity index (χ2n) is 4.41. The van der Waals surface area contributed by atoms with Crippen molar-refractivity contribution < 1.29 is 10.2 Å². The van der Waals surface area contributed by atoms with Gasteiger partial charge in [0.15, 0.2) is 0 Å². The highest BCUT2D eigenvalue weighted by Crippen LogP contribution is 2.09. The number of hydrogen-bond acceptors (Lipinski definition) is 4. The van der Waals surface area contributed by atoms with Crippen LogP contribution in [0.25, 0.3) is 0 Å². The van der Waals surface area contributed by atoms with Crippen LogP contribution in [0.3, 0.4) is 0 Å². The monoisotopic (exact) mass is 274 g/mol. The van der Waals surface area contributed by atoms with Crippen LogP contribution in [0.5, 0.6) is 11.5 Å². The molecule has 20 heavy (non-hydrogen) atoms. The Bertz CT molecular complexity index is 433. The van der Waals surface area contributed by atoms with E-state index in [1.165, 1.54) is 11.1 Å². The van der Waals surface area contributed by atoms with Gasteiger partial charge in [0, 0.05) is 0 Å². The standard InChI is InChI=1S/2C8H11NO/c2*9-6-5-7-1-3-8(10)4-2-7/h2*1-4,10H,5-6,9H2. The number of phenols is 2. The maximum Gasteiger partial charge on any atom is 0.115 e. The molecule has 0 aromatic heterocycles. The number of nitrogens with two attached hydrogens (primary N) is 2. The van der Waals surface area contributed by atoms with E-state index in [2.05, 4.69) is 0 Å². The van der Waals surface area contributed by atoms with E-state index in [4.69, 9.17) is 21.7 Å². The zero-order valence-electron chi connectivity index (χ0n) is 11.5. The molecule has 0 aliphatic rings. The van der Waals surface area contributed by atoms with E-state index < -0.39 is 0 Å². The molecular weight excluding hydrogens is 252 g/mol. The predicted molar refractivity (Wildman–Crippen MR) is 81.7 cm³/mol. The van der Waals surface area contributed by atoms with Crippen LogP contribution in [-0.2, 0) is 12.8 Å². The second-order valence-corrected chi connectivity index (χ2v) is 4.41. The smallest absolute Gasteiger partial charge is 0.115 e. The molecule has 0 unspecified atom stereocenters. The summed E-state index contributed by atoms with van der Waals surface area (Å²) in [6, 6.07) is 14.2. The molecule has 2 aromatic carbocycles. The van der Waals surface area contributed by atoms with Gasteiger partial charge >= 0.3 is 0 Å². The topological polar surface area (TPSA) is 92.5 Å². The van der Waals surface area contributed by atoms with Crippen LogP contribution in [0.2, 0.25) is 0 Å². The Morgan fingerprint density at radius 3 is 1.15 bits per heavy atom. The molecule has 4 heteroatoms. The minimum absolute atomic E-state index is 0.306. The van der Waals surface area contributed by atoms with E-state index in [1.807, 2.05) is 24.3 Å². The first-order valence-corrected chi connectivity index (χ1v) is 6.61. The molecule has 0 saturated heterocycles. The normalized spacial score (nSPS) is 9.70. The van der Waals surface area contributed by atoms with Gasteiger partial charge in [-0.3, -0.25) is 0 Å². The van der Waals surface area contributed by atoms with Crippen molar-refractivity contribution in [1.82, 2.24) is 0 Å². The first-order valence-electron chi connectivity index (χ1n) is 6.61. The molecule has 2 rings (SSSR count). The lowest BCUT2D eigenvalue weighted by atomic mass is 10.1. The zero-order valence-corrected chi connectivity index (χ0v) is 11.5. The first kappa shape index (κ1) is 16.0. The number of hydrogen-bond donors (Lipinski definition) is 4. The molecule has 2 aromatic rings. The van der Waals surface area contributed by atoms with Gasteiger partial charge in [-0.2, -0.15) is 0 Å². The zero-order chi connectivity index (χ0) is 14.8. The average Bonchev–Trinajstić information content (AvgIpc) is 2.45. The molecule has 0 spiro atoms. The Labute approximate surface area is 119 Å². The van der Waals surface area contributed by atoms with Crippen molar-refractivity contribution in [2.45, 2.75) is 12.8 Å². The summed E-state index contributed by atoms with van der Waals surface area (Å²) in [4.78, 5) is 0. The minimum Gasteiger partial charge on any atom is -0.508 e. The van der Waals surface area contributed by atoms with E-state index in [1.54, 1.807) is 24.3 Å². The maximum atomic E-state index is 8.89. The van der Waals surface area contributed by atoms with Crippen molar-refractivity contribution in [3.63, 3.8) is 0 Å². The fourth-order valence-corrected chi connectivity index (χ4v) is 1.66. The van der Waals surface area contributed by atoms with Crippen LogP contribution in [0, 0.1) is 0 Å². The molecule has 6 N–H and O–H groups in total. The van der Waals surface area contributed by atoms with Crippen LogP contribution in [0.4, 0.5) is 0 Å². The Hall–Kier alpha value is -2.04. The summed E-state index contributed by atoms with van der Waals surface area (Å²) in [5, 5.41) is 17.8. The summed E-state index contributed by atoms with van der Waals surface area (Å²) in [5.41, 5.74) is 13.0. The van der Waals surface area contributed by atoms with Crippen molar-refractivity contribution in [1.29, 1.82) is 0 Å². The number of phenolic OH excluding ortho intramolecular Hbond substituents is 2. The first-order chi connectivity index (χ1) is 9.65. The molecule has 0 fully saturated rings. The molecule has 0 amide bonds. The van der Waals surface area contributed by atoms with E-state index in [0.717, 1.165) is 12.8 Å². The quantitative estimate of drug-likeness (QED) is 0.684. The Balaban J connectivity index is 0.000000200. The van der Waals surface area contributed by atoms with Gasteiger partial charge in [-0.05, 0) is 61.3 Å². The van der Waals surface area contributed by atoms with E-state index in [0.29, 0.717) is 24.6 Å². The Kier molecular flexibility index (Phi) is 7.17. The number of rotatable bonds is 4. The number of benzene rings is 2. The van der Waals surface area contributed by atoms with Crippen LogP contribution < -0.4 is 11.5 Å². The van der Waals surface area contributed by atoms with Gasteiger partial charge in [-0.15, -0.1) is 0 Å². The lowest BCUT2D eigenvalue weighted by molar-refractivity contribution is 0.474. The van der Waals surface area contributed by atoms with E-state index in [-0.39, 0.29) is 0 Å². The maximum absolute atomic E-state index is 8.89. The summed E-state index contributed by atoms with van der Waals surface area (Å²) in [6.07, 6.45) is 1.75. The minimum atomic E-state index is 0.306. The molecule has 4 nitrogen and oxygen atoms in total. The molecule has 0 saturated carbocycles. The third-order valence-electron chi connectivity index (χ3n) is 2.74. The van der Waals surface area contributed by atoms with E-state index >= 15 is 0 Å². The van der Waals surface area contributed by atoms with Gasteiger partial charge < -0.3 is 21.7 Å². The molecule has 0 aliphatic heterocycles. The molecule has 0 aliphatic carbocycles. The van der Waals surface area contributed by atoms with Crippen molar-refractivity contribution in [2.24, 2.45) is 11.5 Å². The Morgan fingerprint density at radius 1 is 0.600 bits per heavy atom. The van der Waals surface area contributed by atoms with Crippen molar-refractivity contribution in [3.8, 4) is 11.5 Å². The lowest BCUT2D eigenvalue weighted by Gasteiger charge is -1.96. The molecular formula is C16H22N2O2. The summed E-state index contributed by atoms with van der Waals surface area (Å²) in [7, 11) is 0. The van der Waals surface area contributed by atoms with Crippen LogP contribution in [-0.4, -0.2) is 23.3 Å².